The van der Waals surface area contributed by atoms with E-state index < -0.39 is 6.55 Å². The lowest BCUT2D eigenvalue weighted by Gasteiger charge is -2.37. The molecule has 0 aromatic heterocycles. The summed E-state index contributed by atoms with van der Waals surface area (Å²) < 4.78 is 11.6. The maximum absolute atomic E-state index is 5.79. The van der Waals surface area contributed by atoms with Gasteiger partial charge < -0.3 is 9.31 Å². The van der Waals surface area contributed by atoms with Crippen LogP contribution in [0.5, 0.6) is 0 Å². The monoisotopic (exact) mass is 157 g/mol. The lowest BCUT2D eigenvalue weighted by atomic mass is 9.64. The maximum atomic E-state index is 5.79. The molecular weight excluding hydrogens is 139 g/mol. The number of rotatable bonds is 0. The van der Waals surface area contributed by atoms with Crippen LogP contribution in [-0.4, -0.2) is 17.8 Å². The van der Waals surface area contributed by atoms with Gasteiger partial charge in [-0.3, -0.25) is 0 Å². The zero-order chi connectivity index (χ0) is 8.91. The van der Waals surface area contributed by atoms with Crippen LogP contribution in [-0.2, 0) is 9.31 Å². The van der Waals surface area contributed by atoms with Gasteiger partial charge >= 0.3 is 0 Å². The topological polar surface area (TPSA) is 18.5 Å². The molecule has 3 heteroatoms. The van der Waals surface area contributed by atoms with Gasteiger partial charge in [-0.2, -0.15) is 0 Å². The predicted octanol–water partition coefficient (Wildman–Crippen LogP) is 2.29. The first-order valence-electron chi connectivity index (χ1n) is 4.28. The van der Waals surface area contributed by atoms with Crippen LogP contribution in [0.2, 0.25) is 13.6 Å². The van der Waals surface area contributed by atoms with Gasteiger partial charge in [0, 0.05) is 11.2 Å². The van der Waals surface area contributed by atoms with E-state index in [0.717, 1.165) is 0 Å². The van der Waals surface area contributed by atoms with Crippen LogP contribution in [0.15, 0.2) is 0 Å². The highest BCUT2D eigenvalue weighted by atomic mass is 16.7. The third-order valence-electron chi connectivity index (χ3n) is 2.61. The van der Waals surface area contributed by atoms with Gasteiger partial charge in [-0.15, -0.1) is 13.6 Å². The van der Waals surface area contributed by atoms with Crippen LogP contribution < -0.4 is 0 Å². The summed E-state index contributed by atoms with van der Waals surface area (Å²) in [5.74, 6) is 0. The highest BCUT2D eigenvalue weighted by Gasteiger charge is 2.46. The van der Waals surface area contributed by atoms with E-state index in [9.17, 15) is 0 Å². The molecule has 2 nitrogen and oxygen atoms in total. The molecule has 66 valence electrons. The SMILES string of the molecule is C[B-]1(C)OC(C)(C)C(C)(C)O1. The average Bonchev–Trinajstić information content (AvgIpc) is 1.66. The highest BCUT2D eigenvalue weighted by Crippen LogP contribution is 2.41. The van der Waals surface area contributed by atoms with Crippen molar-refractivity contribution in [3.63, 3.8) is 0 Å². The molecule has 1 aliphatic heterocycles. The Kier molecular flexibility index (Phi) is 1.67. The summed E-state index contributed by atoms with van der Waals surface area (Å²) in [5, 5.41) is 0. The van der Waals surface area contributed by atoms with Gasteiger partial charge in [0.25, 0.3) is 0 Å². The summed E-state index contributed by atoms with van der Waals surface area (Å²) in [5.41, 5.74) is -0.340. The van der Waals surface area contributed by atoms with Crippen LogP contribution in [0.4, 0.5) is 0 Å². The van der Waals surface area contributed by atoms with E-state index in [1.807, 2.05) is 13.6 Å². The Morgan fingerprint density at radius 3 is 1.18 bits per heavy atom. The molecule has 1 heterocycles. The Labute approximate surface area is 69.2 Å². The second kappa shape index (κ2) is 2.02. The molecule has 0 aromatic rings. The van der Waals surface area contributed by atoms with Crippen molar-refractivity contribution in [1.29, 1.82) is 0 Å². The Balaban J connectivity index is 2.89. The lowest BCUT2D eigenvalue weighted by molar-refractivity contribution is 0.00578. The molecule has 0 spiro atoms. The van der Waals surface area contributed by atoms with Gasteiger partial charge in [0.1, 0.15) is 0 Å². The first kappa shape index (κ1) is 9.08. The molecular formula is C8H18BO2-. The molecule has 0 radical (unpaired) electrons. The van der Waals surface area contributed by atoms with E-state index in [2.05, 4.69) is 27.7 Å². The van der Waals surface area contributed by atoms with Crippen molar-refractivity contribution < 1.29 is 9.31 Å². The molecule has 0 aromatic carbocycles. The van der Waals surface area contributed by atoms with Crippen molar-refractivity contribution in [3.8, 4) is 0 Å². The Morgan fingerprint density at radius 1 is 0.818 bits per heavy atom. The summed E-state index contributed by atoms with van der Waals surface area (Å²) in [6.45, 7) is 11.3. The molecule has 0 bridgehead atoms. The normalized spacial score (nSPS) is 32.2. The third-order valence-corrected chi connectivity index (χ3v) is 2.61. The van der Waals surface area contributed by atoms with Crippen molar-refractivity contribution in [2.24, 2.45) is 0 Å². The fourth-order valence-electron chi connectivity index (χ4n) is 1.73. The van der Waals surface area contributed by atoms with Crippen LogP contribution in [0.25, 0.3) is 0 Å². The molecule has 1 saturated heterocycles. The molecule has 1 aliphatic rings. The van der Waals surface area contributed by atoms with Gasteiger partial charge in [0.15, 0.2) is 0 Å². The van der Waals surface area contributed by atoms with Crippen molar-refractivity contribution in [3.05, 3.63) is 0 Å². The van der Waals surface area contributed by atoms with Gasteiger partial charge in [-0.25, -0.2) is 0 Å². The quantitative estimate of drug-likeness (QED) is 0.502. The molecule has 1 fully saturated rings. The summed E-state index contributed by atoms with van der Waals surface area (Å²) in [7, 11) is 0. The largest absolute Gasteiger partial charge is 0.562 e. The summed E-state index contributed by atoms with van der Waals surface area (Å²) in [6, 6.07) is 0. The summed E-state index contributed by atoms with van der Waals surface area (Å²) in [6.07, 6.45) is 0. The van der Waals surface area contributed by atoms with Crippen molar-refractivity contribution in [2.45, 2.75) is 52.5 Å². The van der Waals surface area contributed by atoms with Gasteiger partial charge in [0.2, 0.25) is 6.55 Å². The van der Waals surface area contributed by atoms with Crippen molar-refractivity contribution >= 4 is 6.55 Å². The fourth-order valence-corrected chi connectivity index (χ4v) is 1.73. The first-order valence-corrected chi connectivity index (χ1v) is 4.28. The molecule has 11 heavy (non-hydrogen) atoms. The Bertz CT molecular complexity index is 155. The highest BCUT2D eigenvalue weighted by molar-refractivity contribution is 6.65. The number of hydrogen-bond donors (Lipinski definition) is 0. The van der Waals surface area contributed by atoms with Crippen LogP contribution in [0, 0.1) is 0 Å². The lowest BCUT2D eigenvalue weighted by Crippen LogP contribution is -2.41. The van der Waals surface area contributed by atoms with E-state index in [1.54, 1.807) is 0 Å². The van der Waals surface area contributed by atoms with Crippen LogP contribution >= 0.6 is 0 Å². The predicted molar refractivity (Wildman–Crippen MR) is 47.8 cm³/mol. The minimum Gasteiger partial charge on any atom is -0.562 e. The second-order valence-electron chi connectivity index (χ2n) is 4.87. The standard InChI is InChI=1S/C8H18BO2/c1-7(2)8(3,4)11-9(5,6)10-7/h1-6H3/q-1. The van der Waals surface area contributed by atoms with Crippen molar-refractivity contribution in [2.75, 3.05) is 0 Å². The molecule has 1 rings (SSSR count). The van der Waals surface area contributed by atoms with Gasteiger partial charge in [-0.1, -0.05) is 0 Å². The van der Waals surface area contributed by atoms with Crippen LogP contribution in [0.1, 0.15) is 27.7 Å². The minimum absolute atomic E-state index is 0.170. The maximum Gasteiger partial charge on any atom is 0.235 e. The second-order valence-corrected chi connectivity index (χ2v) is 4.87. The van der Waals surface area contributed by atoms with Crippen LogP contribution in [0.3, 0.4) is 0 Å². The molecule has 0 unspecified atom stereocenters. The molecule has 0 saturated carbocycles. The van der Waals surface area contributed by atoms with E-state index in [1.165, 1.54) is 0 Å². The fraction of sp³-hybridized carbons (Fsp3) is 1.00. The van der Waals surface area contributed by atoms with Gasteiger partial charge in [-0.05, 0) is 27.7 Å². The zero-order valence-corrected chi connectivity index (χ0v) is 8.39. The summed E-state index contributed by atoms with van der Waals surface area (Å²) >= 11 is 0. The van der Waals surface area contributed by atoms with E-state index in [4.69, 9.17) is 9.31 Å². The first-order chi connectivity index (χ1) is 4.66. The van der Waals surface area contributed by atoms with E-state index in [-0.39, 0.29) is 11.2 Å². The minimum atomic E-state index is -1.06. The number of hydrogen-bond acceptors (Lipinski definition) is 2. The average molecular weight is 157 g/mol. The van der Waals surface area contributed by atoms with Gasteiger partial charge in [0.05, 0.1) is 0 Å². The Morgan fingerprint density at radius 2 is 1.09 bits per heavy atom. The van der Waals surface area contributed by atoms with Crippen molar-refractivity contribution in [1.82, 2.24) is 0 Å². The molecule has 0 atom stereocenters. The third kappa shape index (κ3) is 1.45. The molecule has 0 amide bonds. The van der Waals surface area contributed by atoms with E-state index in [0.29, 0.717) is 0 Å². The summed E-state index contributed by atoms with van der Waals surface area (Å²) in [4.78, 5) is 0. The Hall–Kier alpha value is -0.0151. The molecule has 0 aliphatic carbocycles. The van der Waals surface area contributed by atoms with E-state index >= 15 is 0 Å². The molecule has 0 N–H and O–H groups in total. The smallest absolute Gasteiger partial charge is 0.235 e. The zero-order valence-electron chi connectivity index (χ0n) is 8.39.